The van der Waals surface area contributed by atoms with Crippen LogP contribution in [0.25, 0.3) is 33.2 Å². The van der Waals surface area contributed by atoms with Crippen LogP contribution < -0.4 is 0 Å². The molecule has 1 saturated carbocycles. The average Bonchev–Trinajstić information content (AvgIpc) is 3.17. The van der Waals surface area contributed by atoms with Crippen LogP contribution in [0.2, 0.25) is 0 Å². The molecular formula is C26H27NO. The molecule has 2 aromatic carbocycles. The number of fused-ring (bicyclic) bond motifs is 3. The zero-order valence-corrected chi connectivity index (χ0v) is 16.2. The quantitative estimate of drug-likeness (QED) is 0.369. The predicted molar refractivity (Wildman–Crippen MR) is 117 cm³/mol. The maximum absolute atomic E-state index is 9.15. The number of benzene rings is 2. The number of nitrogens with zero attached hydrogens (tertiary/aromatic N) is 1. The minimum Gasteiger partial charge on any atom is -0.455 e. The lowest BCUT2D eigenvalue weighted by atomic mass is 9.78. The molecule has 0 amide bonds. The van der Waals surface area contributed by atoms with Gasteiger partial charge in [-0.15, -0.1) is 0 Å². The number of hydrogen-bond donors (Lipinski definition) is 0. The highest BCUT2D eigenvalue weighted by atomic mass is 16.3. The Morgan fingerprint density at radius 3 is 2.82 bits per heavy atom. The van der Waals surface area contributed by atoms with E-state index >= 15 is 0 Å². The Morgan fingerprint density at radius 2 is 1.96 bits per heavy atom. The van der Waals surface area contributed by atoms with Crippen molar-refractivity contribution in [1.82, 2.24) is 4.98 Å². The fourth-order valence-electron chi connectivity index (χ4n) is 4.59. The second kappa shape index (κ2) is 7.09. The van der Waals surface area contributed by atoms with Crippen LogP contribution in [-0.2, 0) is 0 Å². The summed E-state index contributed by atoms with van der Waals surface area (Å²) in [4.78, 5) is 4.61. The standard InChI is InChI=1S/C26H27NO/c1-17-11-12-21-22-9-6-10-23(26(22)28-25(21)15-17)24-16-20(13-14-27-24)18(2)19-7-4-3-5-8-19/h6,9-16,18-19H,3-5,7-8H2,1-2H3/i1D3,18D. The van der Waals surface area contributed by atoms with Gasteiger partial charge in [0.05, 0.1) is 5.69 Å². The van der Waals surface area contributed by atoms with Crippen LogP contribution in [0.3, 0.4) is 0 Å². The smallest absolute Gasteiger partial charge is 0.144 e. The zero-order chi connectivity index (χ0) is 22.5. The summed E-state index contributed by atoms with van der Waals surface area (Å²) in [6.07, 6.45) is 7.66. The molecule has 1 fully saturated rings. The minimum absolute atomic E-state index is 0.267. The Labute approximate surface area is 172 Å². The molecule has 142 valence electrons. The summed E-state index contributed by atoms with van der Waals surface area (Å²) >= 11 is 0. The minimum atomic E-state index is -2.18. The molecule has 1 unspecified atom stereocenters. The van der Waals surface area contributed by atoms with Crippen LogP contribution in [0.15, 0.2) is 59.1 Å². The molecule has 0 saturated heterocycles. The van der Waals surface area contributed by atoms with E-state index in [4.69, 9.17) is 9.90 Å². The van der Waals surface area contributed by atoms with E-state index in [9.17, 15) is 0 Å². The van der Waals surface area contributed by atoms with Crippen molar-refractivity contribution in [2.75, 3.05) is 0 Å². The SMILES string of the molecule is [2H]C([2H])([2H])c1ccc2c(c1)oc1c(-c3cc(C([2H])(C)C4CCCCC4)ccn3)cccc12. The van der Waals surface area contributed by atoms with Gasteiger partial charge < -0.3 is 4.42 Å². The molecule has 2 nitrogen and oxygen atoms in total. The van der Waals surface area contributed by atoms with Gasteiger partial charge in [0.2, 0.25) is 0 Å². The molecule has 0 spiro atoms. The van der Waals surface area contributed by atoms with Crippen LogP contribution in [0, 0.1) is 12.8 Å². The maximum atomic E-state index is 9.15. The highest BCUT2D eigenvalue weighted by Gasteiger charge is 2.22. The van der Waals surface area contributed by atoms with E-state index in [0.29, 0.717) is 17.1 Å². The van der Waals surface area contributed by atoms with Crippen molar-refractivity contribution >= 4 is 21.9 Å². The lowest BCUT2D eigenvalue weighted by molar-refractivity contribution is 0.316. The van der Waals surface area contributed by atoms with Crippen molar-refractivity contribution in [2.24, 2.45) is 5.92 Å². The normalized spacial score (nSPS) is 20.3. The van der Waals surface area contributed by atoms with Crippen LogP contribution >= 0.6 is 0 Å². The summed E-state index contributed by atoms with van der Waals surface area (Å²) < 4.78 is 38.4. The molecule has 0 aliphatic heterocycles. The first-order valence-corrected chi connectivity index (χ1v) is 10.2. The largest absolute Gasteiger partial charge is 0.455 e. The number of rotatable bonds is 3. The highest BCUT2D eigenvalue weighted by molar-refractivity contribution is 6.09. The molecule has 0 N–H and O–H groups in total. The zero-order valence-electron chi connectivity index (χ0n) is 20.2. The summed E-state index contributed by atoms with van der Waals surface area (Å²) in [5, 5.41) is 1.82. The van der Waals surface area contributed by atoms with E-state index in [1.54, 1.807) is 18.3 Å². The summed E-state index contributed by atoms with van der Waals surface area (Å²) in [5.41, 5.74) is 4.13. The average molecular weight is 374 g/mol. The Morgan fingerprint density at radius 1 is 1.07 bits per heavy atom. The molecule has 4 aromatic rings. The molecule has 5 rings (SSSR count). The molecule has 1 aliphatic rings. The summed E-state index contributed by atoms with van der Waals surface area (Å²) in [6.45, 7) is -0.149. The molecular weight excluding hydrogens is 342 g/mol. The van der Waals surface area contributed by atoms with E-state index in [1.807, 2.05) is 43.3 Å². The fraction of sp³-hybridized carbons (Fsp3) is 0.346. The topological polar surface area (TPSA) is 26.0 Å². The first-order chi connectivity index (χ1) is 15.2. The van der Waals surface area contributed by atoms with E-state index < -0.39 is 12.7 Å². The first-order valence-electron chi connectivity index (χ1n) is 12.2. The van der Waals surface area contributed by atoms with Crippen molar-refractivity contribution in [3.8, 4) is 11.3 Å². The van der Waals surface area contributed by atoms with Gasteiger partial charge in [0.15, 0.2) is 0 Å². The van der Waals surface area contributed by atoms with Crippen LogP contribution in [0.4, 0.5) is 0 Å². The van der Waals surface area contributed by atoms with Gasteiger partial charge in [-0.25, -0.2) is 0 Å². The number of furan rings is 1. The number of aromatic nitrogens is 1. The van der Waals surface area contributed by atoms with Gasteiger partial charge in [-0.1, -0.05) is 50.5 Å². The summed E-state index contributed by atoms with van der Waals surface area (Å²) in [6, 6.07) is 15.0. The lowest BCUT2D eigenvalue weighted by Gasteiger charge is -2.28. The van der Waals surface area contributed by atoms with Crippen molar-refractivity contribution in [2.45, 2.75) is 51.8 Å². The Bertz CT molecular complexity index is 1280. The van der Waals surface area contributed by atoms with E-state index in [-0.39, 0.29) is 5.56 Å². The number of aryl methyl sites for hydroxylation is 1. The molecule has 1 atom stereocenters. The van der Waals surface area contributed by atoms with Gasteiger partial charge in [0.25, 0.3) is 0 Å². The molecule has 2 aromatic heterocycles. The third-order valence-corrected chi connectivity index (χ3v) is 6.21. The fourth-order valence-corrected chi connectivity index (χ4v) is 4.59. The maximum Gasteiger partial charge on any atom is 0.144 e. The van der Waals surface area contributed by atoms with Crippen LogP contribution in [0.1, 0.15) is 61.5 Å². The highest BCUT2D eigenvalue weighted by Crippen LogP contribution is 2.38. The lowest BCUT2D eigenvalue weighted by Crippen LogP contribution is -2.14. The predicted octanol–water partition coefficient (Wildman–Crippen LogP) is 7.64. The molecule has 0 radical (unpaired) electrons. The van der Waals surface area contributed by atoms with Crippen LogP contribution in [-0.4, -0.2) is 4.98 Å². The van der Waals surface area contributed by atoms with Gasteiger partial charge in [-0.3, -0.25) is 4.98 Å². The van der Waals surface area contributed by atoms with Crippen molar-refractivity contribution < 1.29 is 9.90 Å². The van der Waals surface area contributed by atoms with Gasteiger partial charge in [-0.2, -0.15) is 0 Å². The third kappa shape index (κ3) is 3.01. The first kappa shape index (κ1) is 13.5. The van der Waals surface area contributed by atoms with E-state index in [2.05, 4.69) is 4.98 Å². The molecule has 2 heteroatoms. The van der Waals surface area contributed by atoms with Crippen molar-refractivity contribution in [3.63, 3.8) is 0 Å². The second-order valence-electron chi connectivity index (χ2n) is 7.94. The van der Waals surface area contributed by atoms with Gasteiger partial charge in [0.1, 0.15) is 11.2 Å². The monoisotopic (exact) mass is 373 g/mol. The summed E-state index contributed by atoms with van der Waals surface area (Å²) in [7, 11) is 0. The Balaban J connectivity index is 1.61. The molecule has 2 heterocycles. The van der Waals surface area contributed by atoms with Gasteiger partial charge >= 0.3 is 0 Å². The van der Waals surface area contributed by atoms with Crippen molar-refractivity contribution in [3.05, 3.63) is 65.9 Å². The number of pyridine rings is 1. The van der Waals surface area contributed by atoms with E-state index in [0.717, 1.165) is 40.4 Å². The molecule has 0 bridgehead atoms. The Kier molecular flexibility index (Phi) is 3.43. The molecule has 1 aliphatic carbocycles. The van der Waals surface area contributed by atoms with E-state index in [1.165, 1.54) is 19.3 Å². The Hall–Kier alpha value is -2.61. The van der Waals surface area contributed by atoms with Crippen molar-refractivity contribution in [1.29, 1.82) is 0 Å². The van der Waals surface area contributed by atoms with Gasteiger partial charge in [-0.05, 0) is 66.9 Å². The number of para-hydroxylation sites is 1. The van der Waals surface area contributed by atoms with Crippen LogP contribution in [0.5, 0.6) is 0 Å². The summed E-state index contributed by atoms with van der Waals surface area (Å²) in [5.74, 6) is -0.305. The number of hydrogen-bond acceptors (Lipinski definition) is 2. The van der Waals surface area contributed by atoms with Gasteiger partial charge in [0, 0.05) is 28.0 Å². The second-order valence-corrected chi connectivity index (χ2v) is 7.94. The third-order valence-electron chi connectivity index (χ3n) is 6.21. The molecule has 28 heavy (non-hydrogen) atoms.